The van der Waals surface area contributed by atoms with E-state index in [0.29, 0.717) is 12.1 Å². The fourth-order valence-electron chi connectivity index (χ4n) is 3.07. The number of thiophene rings is 1. The molecule has 0 bridgehead atoms. The predicted molar refractivity (Wildman–Crippen MR) is 89.7 cm³/mol. The Bertz CT molecular complexity index is 668. The van der Waals surface area contributed by atoms with Gasteiger partial charge in [-0.1, -0.05) is 11.6 Å². The van der Waals surface area contributed by atoms with E-state index in [0.717, 1.165) is 42.4 Å². The highest BCUT2D eigenvalue weighted by atomic mass is 35.5. The Morgan fingerprint density at radius 3 is 3.05 bits per heavy atom. The number of halogens is 1. The summed E-state index contributed by atoms with van der Waals surface area (Å²) in [6, 6.07) is 6.64. The number of hydrogen-bond acceptors (Lipinski definition) is 4. The number of ether oxygens (including phenoxy) is 1. The molecule has 22 heavy (non-hydrogen) atoms. The van der Waals surface area contributed by atoms with Gasteiger partial charge in [0.2, 0.25) is 5.88 Å². The minimum Gasteiger partial charge on any atom is -0.474 e. The third-order valence-electron chi connectivity index (χ3n) is 4.54. The minimum absolute atomic E-state index is 0.376. The van der Waals surface area contributed by atoms with E-state index in [1.54, 1.807) is 11.3 Å². The Hall–Kier alpha value is -1.10. The van der Waals surface area contributed by atoms with Crippen LogP contribution in [0.5, 0.6) is 5.88 Å². The van der Waals surface area contributed by atoms with Gasteiger partial charge in [-0.2, -0.15) is 0 Å². The van der Waals surface area contributed by atoms with Crippen molar-refractivity contribution in [3.05, 3.63) is 44.7 Å². The smallest absolute Gasteiger partial charge is 0.213 e. The fourth-order valence-corrected chi connectivity index (χ4v) is 4.42. The highest BCUT2D eigenvalue weighted by Crippen LogP contribution is 2.39. The molecule has 2 heterocycles. The number of aryl methyl sites for hydroxylation is 1. The average Bonchev–Trinajstić information content (AvgIpc) is 3.00. The third kappa shape index (κ3) is 3.00. The molecule has 5 heteroatoms. The van der Waals surface area contributed by atoms with E-state index in [1.165, 1.54) is 22.4 Å². The lowest BCUT2D eigenvalue weighted by Crippen LogP contribution is -2.25. The first-order chi connectivity index (χ1) is 10.8. The maximum Gasteiger partial charge on any atom is 0.213 e. The van der Waals surface area contributed by atoms with Crippen molar-refractivity contribution in [3.8, 4) is 5.88 Å². The number of pyridine rings is 1. The lowest BCUT2D eigenvalue weighted by Gasteiger charge is -2.25. The molecule has 116 valence electrons. The molecule has 2 aromatic rings. The molecule has 1 atom stereocenters. The predicted octanol–water partition coefficient (Wildman–Crippen LogP) is 4.50. The van der Waals surface area contributed by atoms with Crippen LogP contribution in [-0.2, 0) is 13.0 Å². The van der Waals surface area contributed by atoms with Crippen LogP contribution < -0.4 is 10.1 Å². The molecule has 1 N–H and O–H groups in total. The van der Waals surface area contributed by atoms with Gasteiger partial charge in [0, 0.05) is 29.7 Å². The molecule has 4 rings (SSSR count). The van der Waals surface area contributed by atoms with Crippen LogP contribution in [0.4, 0.5) is 0 Å². The van der Waals surface area contributed by atoms with Gasteiger partial charge in [0.1, 0.15) is 6.10 Å². The largest absolute Gasteiger partial charge is 0.474 e. The lowest BCUT2D eigenvalue weighted by molar-refractivity contribution is 0.114. The highest BCUT2D eigenvalue weighted by molar-refractivity contribution is 7.16. The molecule has 0 spiro atoms. The molecule has 2 aliphatic rings. The summed E-state index contributed by atoms with van der Waals surface area (Å²) < 4.78 is 6.77. The normalized spacial score (nSPS) is 20.7. The zero-order valence-corrected chi connectivity index (χ0v) is 13.9. The number of fused-ring (bicyclic) bond motifs is 1. The molecule has 0 amide bonds. The monoisotopic (exact) mass is 334 g/mol. The summed E-state index contributed by atoms with van der Waals surface area (Å²) in [5.74, 6) is 0.759. The van der Waals surface area contributed by atoms with Gasteiger partial charge in [-0.05, 0) is 55.4 Å². The molecule has 0 aliphatic heterocycles. The first kappa shape index (κ1) is 14.5. The molecular weight excluding hydrogens is 316 g/mol. The second kappa shape index (κ2) is 6.19. The SMILES string of the molecule is Clc1cc2c(s1)CC[C@H]2NCc1ccnc(OC2CCC2)c1. The van der Waals surface area contributed by atoms with E-state index in [-0.39, 0.29) is 0 Å². The molecule has 1 fully saturated rings. The maximum atomic E-state index is 6.12. The van der Waals surface area contributed by atoms with Gasteiger partial charge in [0.05, 0.1) is 4.34 Å². The van der Waals surface area contributed by atoms with Crippen LogP contribution in [0.2, 0.25) is 4.34 Å². The van der Waals surface area contributed by atoms with Crippen LogP contribution in [0.25, 0.3) is 0 Å². The summed E-state index contributed by atoms with van der Waals surface area (Å²) >= 11 is 7.83. The van der Waals surface area contributed by atoms with Crippen LogP contribution in [0.1, 0.15) is 47.7 Å². The number of hydrogen-bond donors (Lipinski definition) is 1. The van der Waals surface area contributed by atoms with Crippen LogP contribution in [0.15, 0.2) is 24.4 Å². The highest BCUT2D eigenvalue weighted by Gasteiger charge is 2.24. The van der Waals surface area contributed by atoms with Crippen molar-refractivity contribution in [1.29, 1.82) is 0 Å². The van der Waals surface area contributed by atoms with Crippen molar-refractivity contribution in [2.75, 3.05) is 0 Å². The van der Waals surface area contributed by atoms with Crippen molar-refractivity contribution in [1.82, 2.24) is 10.3 Å². The summed E-state index contributed by atoms with van der Waals surface area (Å²) in [7, 11) is 0. The topological polar surface area (TPSA) is 34.2 Å². The molecule has 2 aromatic heterocycles. The summed E-state index contributed by atoms with van der Waals surface area (Å²) in [6.45, 7) is 0.834. The quantitative estimate of drug-likeness (QED) is 0.873. The van der Waals surface area contributed by atoms with Gasteiger partial charge in [0.25, 0.3) is 0 Å². The van der Waals surface area contributed by atoms with Gasteiger partial charge in [-0.25, -0.2) is 4.98 Å². The zero-order chi connectivity index (χ0) is 14.9. The summed E-state index contributed by atoms with van der Waals surface area (Å²) in [5.41, 5.74) is 2.61. The van der Waals surface area contributed by atoms with Gasteiger partial charge < -0.3 is 10.1 Å². The van der Waals surface area contributed by atoms with Crippen molar-refractivity contribution in [3.63, 3.8) is 0 Å². The second-order valence-electron chi connectivity index (χ2n) is 6.07. The molecule has 0 unspecified atom stereocenters. The molecule has 2 aliphatic carbocycles. The fraction of sp³-hybridized carbons (Fsp3) is 0.471. The molecular formula is C17H19ClN2OS. The first-order valence-electron chi connectivity index (χ1n) is 7.91. The van der Waals surface area contributed by atoms with Gasteiger partial charge in [-0.3, -0.25) is 0 Å². The van der Waals surface area contributed by atoms with Crippen LogP contribution in [0, 0.1) is 0 Å². The minimum atomic E-state index is 0.376. The Morgan fingerprint density at radius 1 is 1.32 bits per heavy atom. The Morgan fingerprint density at radius 2 is 2.23 bits per heavy atom. The molecule has 3 nitrogen and oxygen atoms in total. The summed E-state index contributed by atoms with van der Waals surface area (Å²) in [4.78, 5) is 5.75. The number of nitrogens with zero attached hydrogens (tertiary/aromatic N) is 1. The number of aromatic nitrogens is 1. The van der Waals surface area contributed by atoms with Gasteiger partial charge in [0.15, 0.2) is 0 Å². The van der Waals surface area contributed by atoms with Crippen molar-refractivity contribution >= 4 is 22.9 Å². The summed E-state index contributed by atoms with van der Waals surface area (Å²) in [5, 5.41) is 3.64. The molecule has 0 aromatic carbocycles. The second-order valence-corrected chi connectivity index (χ2v) is 7.84. The zero-order valence-electron chi connectivity index (χ0n) is 12.3. The van der Waals surface area contributed by atoms with Crippen LogP contribution in [-0.4, -0.2) is 11.1 Å². The summed E-state index contributed by atoms with van der Waals surface area (Å²) in [6.07, 6.45) is 8.11. The Balaban J connectivity index is 1.38. The van der Waals surface area contributed by atoms with E-state index in [4.69, 9.17) is 16.3 Å². The molecule has 0 saturated heterocycles. The molecule has 0 radical (unpaired) electrons. The van der Waals surface area contributed by atoms with E-state index >= 15 is 0 Å². The first-order valence-corrected chi connectivity index (χ1v) is 9.10. The van der Waals surface area contributed by atoms with Gasteiger partial charge >= 0.3 is 0 Å². The van der Waals surface area contributed by atoms with Crippen LogP contribution >= 0.6 is 22.9 Å². The van der Waals surface area contributed by atoms with E-state index < -0.39 is 0 Å². The number of rotatable bonds is 5. The van der Waals surface area contributed by atoms with Crippen molar-refractivity contribution < 1.29 is 4.74 Å². The Labute approximate surface area is 139 Å². The standard InChI is InChI=1S/C17H19ClN2OS/c18-16-9-13-14(4-5-15(13)22-16)20-10-11-6-7-19-17(8-11)21-12-2-1-3-12/h6-9,12,14,20H,1-5,10H2/t14-/m1/s1. The van der Waals surface area contributed by atoms with E-state index in [1.807, 2.05) is 6.20 Å². The Kier molecular flexibility index (Phi) is 4.07. The maximum absolute atomic E-state index is 6.12. The molecule has 1 saturated carbocycles. The third-order valence-corrected chi connectivity index (χ3v) is 5.88. The van der Waals surface area contributed by atoms with Crippen LogP contribution in [0.3, 0.4) is 0 Å². The van der Waals surface area contributed by atoms with E-state index in [2.05, 4.69) is 28.5 Å². The van der Waals surface area contributed by atoms with Gasteiger partial charge in [-0.15, -0.1) is 11.3 Å². The lowest BCUT2D eigenvalue weighted by atomic mass is 9.96. The van der Waals surface area contributed by atoms with Crippen molar-refractivity contribution in [2.24, 2.45) is 0 Å². The van der Waals surface area contributed by atoms with Crippen molar-refractivity contribution in [2.45, 2.75) is 50.8 Å². The van der Waals surface area contributed by atoms with E-state index in [9.17, 15) is 0 Å². The number of nitrogens with one attached hydrogen (secondary N) is 1. The average molecular weight is 335 g/mol.